The fourth-order valence-electron chi connectivity index (χ4n) is 3.87. The lowest BCUT2D eigenvalue weighted by molar-refractivity contribution is -0.166. The molecule has 2 heterocycles. The fraction of sp³-hybridized carbons (Fsp3) is 0.524. The van der Waals surface area contributed by atoms with Gasteiger partial charge in [-0.1, -0.05) is 0 Å². The monoisotopic (exact) mass is 497 g/mol. The summed E-state index contributed by atoms with van der Waals surface area (Å²) in [6.45, 7) is -1.12. The van der Waals surface area contributed by atoms with Crippen molar-refractivity contribution in [2.24, 2.45) is 0 Å². The number of carbonyl (C=O) groups is 4. The highest BCUT2D eigenvalue weighted by atomic mass is 19.1. The zero-order valence-corrected chi connectivity index (χ0v) is 19.2. The molecule has 0 aromatic heterocycles. The van der Waals surface area contributed by atoms with E-state index < -0.39 is 48.9 Å². The first-order chi connectivity index (χ1) is 16.8. The second-order valence-electron chi connectivity index (χ2n) is 7.83. The van der Waals surface area contributed by atoms with Crippen molar-refractivity contribution in [2.75, 3.05) is 76.0 Å². The van der Waals surface area contributed by atoms with Gasteiger partial charge in [0.15, 0.2) is 0 Å². The summed E-state index contributed by atoms with van der Waals surface area (Å²) in [4.78, 5) is 50.9. The molecular formula is C21H28FN5O8. The number of ether oxygens (including phenoxy) is 2. The van der Waals surface area contributed by atoms with Crippen LogP contribution in [0.5, 0.6) is 0 Å². The third-order valence-electron chi connectivity index (χ3n) is 5.56. The van der Waals surface area contributed by atoms with Gasteiger partial charge in [0.05, 0.1) is 37.6 Å². The van der Waals surface area contributed by atoms with Crippen LogP contribution in [0.4, 0.5) is 20.6 Å². The number of methoxy groups -OCH3 is 1. The van der Waals surface area contributed by atoms with Crippen molar-refractivity contribution in [2.45, 2.75) is 6.10 Å². The second kappa shape index (κ2) is 11.8. The Hall–Kier alpha value is -3.49. The van der Waals surface area contributed by atoms with Crippen LogP contribution in [0.1, 0.15) is 0 Å². The predicted molar refractivity (Wildman–Crippen MR) is 119 cm³/mol. The van der Waals surface area contributed by atoms with Crippen LogP contribution in [0, 0.1) is 5.82 Å². The van der Waals surface area contributed by atoms with E-state index in [0.717, 1.165) is 5.01 Å². The maximum absolute atomic E-state index is 15.1. The largest absolute Gasteiger partial charge is 0.442 e. The Kier molecular flexibility index (Phi) is 8.78. The molecule has 3 rings (SSSR count). The predicted octanol–water partition coefficient (Wildman–Crippen LogP) is -1.71. The third-order valence-corrected chi connectivity index (χ3v) is 5.56. The minimum absolute atomic E-state index is 0.0112. The van der Waals surface area contributed by atoms with E-state index in [-0.39, 0.29) is 57.3 Å². The molecular weight excluding hydrogens is 469 g/mol. The summed E-state index contributed by atoms with van der Waals surface area (Å²) in [7, 11) is 1.35. The van der Waals surface area contributed by atoms with E-state index in [9.17, 15) is 24.3 Å². The average molecular weight is 497 g/mol. The van der Waals surface area contributed by atoms with Crippen LogP contribution in [-0.4, -0.2) is 116 Å². The highest BCUT2D eigenvalue weighted by Gasteiger charge is 2.34. The summed E-state index contributed by atoms with van der Waals surface area (Å²) < 4.78 is 25.2. The van der Waals surface area contributed by atoms with Crippen LogP contribution in [0.3, 0.4) is 0 Å². The molecule has 192 valence electrons. The first kappa shape index (κ1) is 26.1. The van der Waals surface area contributed by atoms with Crippen LogP contribution in [-0.2, 0) is 23.9 Å². The highest BCUT2D eigenvalue weighted by molar-refractivity contribution is 5.90. The Morgan fingerprint density at radius 2 is 1.80 bits per heavy atom. The quantitative estimate of drug-likeness (QED) is 0.381. The summed E-state index contributed by atoms with van der Waals surface area (Å²) >= 11 is 0. The number of hydrogen-bond acceptors (Lipinski definition) is 9. The van der Waals surface area contributed by atoms with Crippen molar-refractivity contribution in [3.05, 3.63) is 24.0 Å². The van der Waals surface area contributed by atoms with E-state index in [0.29, 0.717) is 0 Å². The first-order valence-corrected chi connectivity index (χ1v) is 10.9. The van der Waals surface area contributed by atoms with E-state index in [1.54, 1.807) is 11.0 Å². The summed E-state index contributed by atoms with van der Waals surface area (Å²) in [5.41, 5.74) is 0.474. The van der Waals surface area contributed by atoms with Gasteiger partial charge < -0.3 is 29.9 Å². The van der Waals surface area contributed by atoms with Gasteiger partial charge in [-0.05, 0) is 18.2 Å². The molecule has 1 atom stereocenters. The van der Waals surface area contributed by atoms with Crippen LogP contribution < -0.4 is 15.1 Å². The molecule has 2 aliphatic heterocycles. The van der Waals surface area contributed by atoms with Crippen LogP contribution in [0.25, 0.3) is 0 Å². The number of anilines is 2. The number of aliphatic hydroxyl groups excluding tert-OH is 2. The lowest BCUT2D eigenvalue weighted by Gasteiger charge is -2.31. The maximum Gasteiger partial charge on any atom is 0.414 e. The number of halogens is 1. The lowest BCUT2D eigenvalue weighted by atomic mass is 10.2. The van der Waals surface area contributed by atoms with E-state index in [1.165, 1.54) is 29.2 Å². The fourth-order valence-corrected chi connectivity index (χ4v) is 3.87. The number of nitrogens with zero attached hydrogens (tertiary/aromatic N) is 4. The number of rotatable bonds is 8. The molecule has 0 saturated carbocycles. The number of aliphatic hydroxyl groups is 2. The lowest BCUT2D eigenvalue weighted by Crippen LogP contribution is -2.52. The minimum Gasteiger partial charge on any atom is -0.442 e. The van der Waals surface area contributed by atoms with Crippen LogP contribution >= 0.6 is 0 Å². The van der Waals surface area contributed by atoms with Crippen molar-refractivity contribution < 1.29 is 43.3 Å². The van der Waals surface area contributed by atoms with Gasteiger partial charge in [0.2, 0.25) is 5.91 Å². The molecule has 2 aliphatic rings. The number of hydrazine groups is 1. The van der Waals surface area contributed by atoms with Crippen molar-refractivity contribution in [3.8, 4) is 0 Å². The Labute approximate surface area is 200 Å². The first-order valence-electron chi connectivity index (χ1n) is 10.9. The van der Waals surface area contributed by atoms with Crippen molar-refractivity contribution in [1.82, 2.24) is 15.3 Å². The van der Waals surface area contributed by atoms with Gasteiger partial charge in [0.25, 0.3) is 11.8 Å². The Bertz CT molecular complexity index is 964. The van der Waals surface area contributed by atoms with E-state index >= 15 is 4.39 Å². The highest BCUT2D eigenvalue weighted by Crippen LogP contribution is 2.28. The molecule has 2 saturated heterocycles. The minimum atomic E-state index is -0.781. The Morgan fingerprint density at radius 3 is 2.40 bits per heavy atom. The standard InChI is InChI=1S/C21H28FN5O8/c1-34-13-20(32)27-7-5-24(4-6-26(27)19(31)12-29)17-3-2-14(8-16(17)22)25-10-15(35-21(25)33)9-23-18(30)11-28/h2-3,8,15,28-29H,4-7,9-13H2,1H3,(H,23,30)/t15-/m0/s1. The average Bonchev–Trinajstić information content (AvgIpc) is 3.08. The molecule has 0 aliphatic carbocycles. The van der Waals surface area contributed by atoms with Gasteiger partial charge in [0.1, 0.15) is 31.7 Å². The topological polar surface area (TPSA) is 152 Å². The molecule has 1 aromatic rings. The number of nitrogens with one attached hydrogen (secondary N) is 1. The summed E-state index contributed by atoms with van der Waals surface area (Å²) in [5, 5.41) is 22.8. The smallest absolute Gasteiger partial charge is 0.414 e. The summed E-state index contributed by atoms with van der Waals surface area (Å²) in [6.07, 6.45) is -1.35. The molecule has 4 amide bonds. The molecule has 13 nitrogen and oxygen atoms in total. The molecule has 0 unspecified atom stereocenters. The van der Waals surface area contributed by atoms with Crippen LogP contribution in [0.2, 0.25) is 0 Å². The number of cyclic esters (lactones) is 1. The van der Waals surface area contributed by atoms with E-state index in [4.69, 9.17) is 14.6 Å². The number of benzene rings is 1. The number of carbonyl (C=O) groups excluding carboxylic acids is 4. The second-order valence-corrected chi connectivity index (χ2v) is 7.83. The molecule has 35 heavy (non-hydrogen) atoms. The molecule has 3 N–H and O–H groups in total. The van der Waals surface area contributed by atoms with Gasteiger partial charge in [-0.3, -0.25) is 19.3 Å². The summed E-state index contributed by atoms with van der Waals surface area (Å²) in [5.74, 6) is -2.35. The zero-order chi connectivity index (χ0) is 25.5. The van der Waals surface area contributed by atoms with Gasteiger partial charge in [-0.2, -0.15) is 0 Å². The number of hydrogen-bond donors (Lipinski definition) is 3. The Morgan fingerprint density at radius 1 is 1.11 bits per heavy atom. The molecule has 2 fully saturated rings. The van der Waals surface area contributed by atoms with Crippen molar-refractivity contribution in [1.29, 1.82) is 0 Å². The van der Waals surface area contributed by atoms with Crippen molar-refractivity contribution in [3.63, 3.8) is 0 Å². The molecule has 1 aromatic carbocycles. The molecule has 14 heteroatoms. The van der Waals surface area contributed by atoms with E-state index in [2.05, 4.69) is 5.32 Å². The SMILES string of the molecule is COCC(=O)N1CCN(c2ccc(N3C[C@H](CNC(=O)CO)OC3=O)cc2F)CCN1C(=O)CO. The van der Waals surface area contributed by atoms with Crippen LogP contribution in [0.15, 0.2) is 18.2 Å². The van der Waals surface area contributed by atoms with Gasteiger partial charge in [-0.15, -0.1) is 0 Å². The Balaban J connectivity index is 1.71. The van der Waals surface area contributed by atoms with Crippen molar-refractivity contribution >= 4 is 35.2 Å². The van der Waals surface area contributed by atoms with Gasteiger partial charge in [-0.25, -0.2) is 19.2 Å². The van der Waals surface area contributed by atoms with Gasteiger partial charge >= 0.3 is 6.09 Å². The molecule has 0 spiro atoms. The molecule has 0 radical (unpaired) electrons. The maximum atomic E-state index is 15.1. The molecule has 0 bridgehead atoms. The normalized spacial score (nSPS) is 18.4. The summed E-state index contributed by atoms with van der Waals surface area (Å²) in [6, 6.07) is 4.22. The van der Waals surface area contributed by atoms with Gasteiger partial charge in [0, 0.05) is 20.2 Å². The zero-order valence-electron chi connectivity index (χ0n) is 19.2. The number of amides is 4. The third kappa shape index (κ3) is 6.15. The van der Waals surface area contributed by atoms with E-state index in [1.807, 2.05) is 0 Å².